The van der Waals surface area contributed by atoms with Gasteiger partial charge in [0.2, 0.25) is 5.75 Å². The van der Waals surface area contributed by atoms with Crippen molar-refractivity contribution in [2.24, 2.45) is 0 Å². The number of H-pyrrole nitrogens is 1. The molecule has 2 saturated heterocycles. The minimum atomic E-state index is -0.728. The van der Waals surface area contributed by atoms with Crippen LogP contribution in [0.4, 0.5) is 4.39 Å². The zero-order valence-electron chi connectivity index (χ0n) is 14.0. The third-order valence-corrected chi connectivity index (χ3v) is 5.25. The first-order chi connectivity index (χ1) is 12.5. The van der Waals surface area contributed by atoms with Crippen LogP contribution in [0.15, 0.2) is 29.1 Å². The van der Waals surface area contributed by atoms with Gasteiger partial charge in [-0.2, -0.15) is 0 Å². The summed E-state index contributed by atoms with van der Waals surface area (Å²) in [6, 6.07) is 6.09. The van der Waals surface area contributed by atoms with E-state index in [1.54, 1.807) is 12.1 Å². The fraction of sp³-hybridized carbons (Fsp3) is 0.389. The molecule has 1 amide bonds. The van der Waals surface area contributed by atoms with Crippen LogP contribution < -0.4 is 16.2 Å². The zero-order valence-corrected chi connectivity index (χ0v) is 14.0. The summed E-state index contributed by atoms with van der Waals surface area (Å²) in [7, 11) is 0. The summed E-state index contributed by atoms with van der Waals surface area (Å²) < 4.78 is 12.9. The van der Waals surface area contributed by atoms with E-state index >= 15 is 0 Å². The molecule has 8 heteroatoms. The van der Waals surface area contributed by atoms with Gasteiger partial charge < -0.3 is 20.7 Å². The minimum absolute atomic E-state index is 0.133. The summed E-state index contributed by atoms with van der Waals surface area (Å²) in [5.74, 6) is -1.32. The maximum Gasteiger partial charge on any atom is 0.293 e. The Bertz CT molecular complexity index is 902. The predicted molar refractivity (Wildman–Crippen MR) is 91.2 cm³/mol. The SMILES string of the molecule is O=C(NCc1ccc(F)cc1)c1nc(C23CCC(CC2)N3)[nH]c(=O)c1O. The molecule has 0 aliphatic carbocycles. The highest BCUT2D eigenvalue weighted by molar-refractivity contribution is 5.94. The molecule has 7 nitrogen and oxygen atoms in total. The molecule has 4 rings (SSSR count). The van der Waals surface area contributed by atoms with Gasteiger partial charge in [0.25, 0.3) is 11.5 Å². The molecule has 1 aromatic carbocycles. The van der Waals surface area contributed by atoms with Gasteiger partial charge in [-0.1, -0.05) is 12.1 Å². The molecule has 136 valence electrons. The van der Waals surface area contributed by atoms with Gasteiger partial charge in [-0.15, -0.1) is 0 Å². The largest absolute Gasteiger partial charge is 0.501 e. The second kappa shape index (κ2) is 6.21. The first kappa shape index (κ1) is 16.7. The Kier molecular flexibility index (Phi) is 3.99. The average Bonchev–Trinajstić information content (AvgIpc) is 3.25. The second-order valence-electron chi connectivity index (χ2n) is 6.92. The fourth-order valence-corrected chi connectivity index (χ4v) is 3.82. The predicted octanol–water partition coefficient (Wildman–Crippen LogP) is 1.29. The van der Waals surface area contributed by atoms with Gasteiger partial charge in [-0.3, -0.25) is 9.59 Å². The van der Waals surface area contributed by atoms with Crippen molar-refractivity contribution < 1.29 is 14.3 Å². The number of nitrogens with one attached hydrogen (secondary N) is 3. The standard InChI is InChI=1S/C18H19FN4O3/c19-11-3-1-10(2-4-11)9-20-15(25)13-14(24)16(26)22-17(21-13)18-7-5-12(23-18)6-8-18/h1-4,12,23-24H,5-9H2,(H,20,25)(H,21,22,26). The van der Waals surface area contributed by atoms with E-state index in [0.717, 1.165) is 25.7 Å². The summed E-state index contributed by atoms with van der Waals surface area (Å²) >= 11 is 0. The Balaban J connectivity index is 1.58. The van der Waals surface area contributed by atoms with Crippen LogP contribution in [0.5, 0.6) is 5.75 Å². The van der Waals surface area contributed by atoms with Gasteiger partial charge in [0.15, 0.2) is 5.69 Å². The van der Waals surface area contributed by atoms with E-state index < -0.39 is 22.8 Å². The number of benzene rings is 1. The highest BCUT2D eigenvalue weighted by atomic mass is 19.1. The van der Waals surface area contributed by atoms with Gasteiger partial charge in [-0.25, -0.2) is 9.37 Å². The van der Waals surface area contributed by atoms with E-state index in [-0.39, 0.29) is 18.1 Å². The van der Waals surface area contributed by atoms with E-state index in [2.05, 4.69) is 20.6 Å². The topological polar surface area (TPSA) is 107 Å². The number of aromatic nitrogens is 2. The number of carbonyl (C=O) groups excluding carboxylic acids is 1. The number of fused-ring (bicyclic) bond motifs is 2. The maximum absolute atomic E-state index is 12.9. The van der Waals surface area contributed by atoms with Crippen molar-refractivity contribution in [3.8, 4) is 5.75 Å². The number of aromatic amines is 1. The van der Waals surface area contributed by atoms with Crippen LogP contribution in [0.1, 0.15) is 47.6 Å². The van der Waals surface area contributed by atoms with E-state index in [0.29, 0.717) is 17.4 Å². The van der Waals surface area contributed by atoms with Crippen molar-refractivity contribution in [2.75, 3.05) is 0 Å². The van der Waals surface area contributed by atoms with Crippen LogP contribution in [0.25, 0.3) is 0 Å². The molecule has 2 aromatic rings. The molecule has 1 aromatic heterocycles. The summed E-state index contributed by atoms with van der Waals surface area (Å²) in [6.07, 6.45) is 3.66. The molecule has 2 aliphatic rings. The van der Waals surface area contributed by atoms with Crippen molar-refractivity contribution in [2.45, 2.75) is 43.8 Å². The molecule has 0 unspecified atom stereocenters. The lowest BCUT2D eigenvalue weighted by atomic mass is 9.87. The van der Waals surface area contributed by atoms with Gasteiger partial charge in [0, 0.05) is 12.6 Å². The van der Waals surface area contributed by atoms with Crippen LogP contribution in [-0.4, -0.2) is 27.0 Å². The van der Waals surface area contributed by atoms with Crippen molar-refractivity contribution in [1.29, 1.82) is 0 Å². The number of rotatable bonds is 4. The summed E-state index contributed by atoms with van der Waals surface area (Å²) in [6.45, 7) is 0.133. The van der Waals surface area contributed by atoms with E-state index in [1.807, 2.05) is 0 Å². The summed E-state index contributed by atoms with van der Waals surface area (Å²) in [5.41, 5.74) is -0.756. The molecule has 0 radical (unpaired) electrons. The first-order valence-corrected chi connectivity index (χ1v) is 8.61. The van der Waals surface area contributed by atoms with Crippen LogP contribution in [-0.2, 0) is 12.1 Å². The van der Waals surface area contributed by atoms with Crippen molar-refractivity contribution in [3.05, 3.63) is 57.5 Å². The third kappa shape index (κ3) is 2.86. The normalized spacial score (nSPS) is 24.0. The van der Waals surface area contributed by atoms with E-state index in [9.17, 15) is 19.1 Å². The molecule has 3 heterocycles. The molecule has 2 fully saturated rings. The Hall–Kier alpha value is -2.74. The Morgan fingerprint density at radius 3 is 2.62 bits per heavy atom. The van der Waals surface area contributed by atoms with Crippen molar-refractivity contribution in [3.63, 3.8) is 0 Å². The average molecular weight is 358 g/mol. The highest BCUT2D eigenvalue weighted by Crippen LogP contribution is 2.43. The van der Waals surface area contributed by atoms with Gasteiger partial charge in [0.1, 0.15) is 11.6 Å². The molecule has 0 atom stereocenters. The summed E-state index contributed by atoms with van der Waals surface area (Å²) in [4.78, 5) is 31.4. The van der Waals surface area contributed by atoms with Crippen LogP contribution >= 0.6 is 0 Å². The van der Waals surface area contributed by atoms with E-state index in [4.69, 9.17) is 0 Å². The number of halogens is 1. The first-order valence-electron chi connectivity index (χ1n) is 8.61. The Labute approximate surface area is 148 Å². The third-order valence-electron chi connectivity index (χ3n) is 5.25. The number of hydrogen-bond donors (Lipinski definition) is 4. The maximum atomic E-state index is 12.9. The van der Waals surface area contributed by atoms with Gasteiger partial charge in [0.05, 0.1) is 5.54 Å². The van der Waals surface area contributed by atoms with Crippen LogP contribution in [0.2, 0.25) is 0 Å². The molecular weight excluding hydrogens is 339 g/mol. The molecule has 0 saturated carbocycles. The molecule has 0 spiro atoms. The fourth-order valence-electron chi connectivity index (χ4n) is 3.82. The van der Waals surface area contributed by atoms with Crippen molar-refractivity contribution >= 4 is 5.91 Å². The molecule has 2 bridgehead atoms. The number of carbonyl (C=O) groups is 1. The summed E-state index contributed by atoms with van der Waals surface area (Å²) in [5, 5.41) is 16.1. The number of aromatic hydroxyl groups is 1. The lowest BCUT2D eigenvalue weighted by Gasteiger charge is -2.25. The monoisotopic (exact) mass is 358 g/mol. The quantitative estimate of drug-likeness (QED) is 0.659. The lowest BCUT2D eigenvalue weighted by Crippen LogP contribution is -2.38. The number of nitrogens with zero attached hydrogens (tertiary/aromatic N) is 1. The minimum Gasteiger partial charge on any atom is -0.501 e. The highest BCUT2D eigenvalue weighted by Gasteiger charge is 2.47. The lowest BCUT2D eigenvalue weighted by molar-refractivity contribution is 0.0941. The molecular formula is C18H19FN4O3. The van der Waals surface area contributed by atoms with Crippen LogP contribution in [0.3, 0.4) is 0 Å². The zero-order chi connectivity index (χ0) is 18.3. The van der Waals surface area contributed by atoms with Gasteiger partial charge in [-0.05, 0) is 43.4 Å². The van der Waals surface area contributed by atoms with E-state index in [1.165, 1.54) is 12.1 Å². The molecule has 2 aliphatic heterocycles. The van der Waals surface area contributed by atoms with Crippen LogP contribution in [0, 0.1) is 5.82 Å². The van der Waals surface area contributed by atoms with Gasteiger partial charge >= 0.3 is 0 Å². The molecule has 26 heavy (non-hydrogen) atoms. The molecule has 4 N–H and O–H groups in total. The number of amides is 1. The second-order valence-corrected chi connectivity index (χ2v) is 6.92. The Morgan fingerprint density at radius 1 is 1.31 bits per heavy atom. The smallest absolute Gasteiger partial charge is 0.293 e. The van der Waals surface area contributed by atoms with Crippen molar-refractivity contribution in [1.82, 2.24) is 20.6 Å². The number of hydrogen-bond acceptors (Lipinski definition) is 5. The Morgan fingerprint density at radius 2 is 2.00 bits per heavy atom.